The highest BCUT2D eigenvalue weighted by Gasteiger charge is 2.44. The highest BCUT2D eigenvalue weighted by Crippen LogP contribution is 2.28. The number of hydrogen-bond donors (Lipinski definition) is 0. The summed E-state index contributed by atoms with van der Waals surface area (Å²) in [4.78, 5) is 52.8. The molecule has 156 valence electrons. The second-order valence-corrected chi connectivity index (χ2v) is 8.03. The van der Waals surface area contributed by atoms with Crippen molar-refractivity contribution in [2.75, 3.05) is 31.1 Å². The van der Waals surface area contributed by atoms with Crippen LogP contribution in [0.1, 0.15) is 41.0 Å². The summed E-state index contributed by atoms with van der Waals surface area (Å²) in [5, 5.41) is 0. The standard InChI is InChI=1S/C22H25N5O3/c1-15(2)14-18(27-19(28)16-6-3-4-7-17(16)20(27)29)21(30)25-10-12-26(13-11-25)22-23-8-5-9-24-22/h3-9,15,18H,10-14H2,1-2H3/t18-/m0/s1. The van der Waals surface area contributed by atoms with Crippen LogP contribution >= 0.6 is 0 Å². The maximum absolute atomic E-state index is 13.4. The van der Waals surface area contributed by atoms with Gasteiger partial charge in [-0.25, -0.2) is 9.97 Å². The van der Waals surface area contributed by atoms with Crippen LogP contribution in [0, 0.1) is 5.92 Å². The van der Waals surface area contributed by atoms with Crippen LogP contribution in [0.3, 0.4) is 0 Å². The highest BCUT2D eigenvalue weighted by molar-refractivity contribution is 6.22. The molecule has 0 spiro atoms. The van der Waals surface area contributed by atoms with Crippen LogP contribution in [0.25, 0.3) is 0 Å². The molecule has 30 heavy (non-hydrogen) atoms. The zero-order valence-electron chi connectivity index (χ0n) is 17.2. The monoisotopic (exact) mass is 407 g/mol. The zero-order chi connectivity index (χ0) is 21.3. The number of amides is 3. The van der Waals surface area contributed by atoms with Crippen molar-refractivity contribution >= 4 is 23.7 Å². The summed E-state index contributed by atoms with van der Waals surface area (Å²) in [5.41, 5.74) is 0.741. The van der Waals surface area contributed by atoms with E-state index in [4.69, 9.17) is 0 Å². The zero-order valence-corrected chi connectivity index (χ0v) is 17.2. The molecule has 0 saturated carbocycles. The Hall–Kier alpha value is -3.29. The van der Waals surface area contributed by atoms with Crippen molar-refractivity contribution in [3.63, 3.8) is 0 Å². The molecule has 1 fully saturated rings. The van der Waals surface area contributed by atoms with Crippen molar-refractivity contribution in [1.29, 1.82) is 0 Å². The van der Waals surface area contributed by atoms with Crippen molar-refractivity contribution in [2.24, 2.45) is 5.92 Å². The number of aromatic nitrogens is 2. The number of fused-ring (bicyclic) bond motifs is 1. The lowest BCUT2D eigenvalue weighted by Gasteiger charge is -2.38. The summed E-state index contributed by atoms with van der Waals surface area (Å²) < 4.78 is 0. The van der Waals surface area contributed by atoms with E-state index in [0.717, 1.165) is 0 Å². The van der Waals surface area contributed by atoms with Crippen molar-refractivity contribution in [2.45, 2.75) is 26.3 Å². The third-order valence-electron chi connectivity index (χ3n) is 5.54. The van der Waals surface area contributed by atoms with Gasteiger partial charge in [0.25, 0.3) is 11.8 Å². The van der Waals surface area contributed by atoms with E-state index in [9.17, 15) is 14.4 Å². The summed E-state index contributed by atoms with van der Waals surface area (Å²) in [5.74, 6) is -0.144. The van der Waals surface area contributed by atoms with E-state index in [1.807, 2.05) is 18.7 Å². The molecule has 0 bridgehead atoms. The average molecular weight is 407 g/mol. The highest BCUT2D eigenvalue weighted by atomic mass is 16.2. The van der Waals surface area contributed by atoms with Crippen LogP contribution in [-0.2, 0) is 4.79 Å². The first kappa shape index (κ1) is 20.0. The van der Waals surface area contributed by atoms with E-state index in [-0.39, 0.29) is 23.6 Å². The SMILES string of the molecule is CC(C)C[C@@H](C(=O)N1CCN(c2ncccn2)CC1)N1C(=O)c2ccccc2C1=O. The van der Waals surface area contributed by atoms with Gasteiger partial charge in [0.05, 0.1) is 11.1 Å². The average Bonchev–Trinajstić information content (AvgIpc) is 3.02. The van der Waals surface area contributed by atoms with Gasteiger partial charge < -0.3 is 9.80 Å². The van der Waals surface area contributed by atoms with E-state index >= 15 is 0 Å². The molecule has 0 aliphatic carbocycles. The Morgan fingerprint density at radius 1 is 0.933 bits per heavy atom. The van der Waals surface area contributed by atoms with E-state index in [2.05, 4.69) is 9.97 Å². The van der Waals surface area contributed by atoms with Gasteiger partial charge in [0.15, 0.2) is 0 Å². The van der Waals surface area contributed by atoms with Gasteiger partial charge in [-0.1, -0.05) is 26.0 Å². The molecule has 2 aliphatic rings. The predicted octanol–water partition coefficient (Wildman–Crippen LogP) is 1.84. The molecule has 1 saturated heterocycles. The topological polar surface area (TPSA) is 86.7 Å². The molecule has 8 heteroatoms. The van der Waals surface area contributed by atoms with Crippen LogP contribution in [0.4, 0.5) is 5.95 Å². The molecule has 8 nitrogen and oxygen atoms in total. The molecule has 4 rings (SSSR count). The van der Waals surface area contributed by atoms with Gasteiger partial charge in [0.2, 0.25) is 11.9 Å². The Balaban J connectivity index is 1.52. The number of benzene rings is 1. The van der Waals surface area contributed by atoms with Crippen molar-refractivity contribution in [1.82, 2.24) is 19.8 Å². The van der Waals surface area contributed by atoms with Crippen molar-refractivity contribution in [3.8, 4) is 0 Å². The molecule has 1 aromatic heterocycles. The predicted molar refractivity (Wildman–Crippen MR) is 111 cm³/mol. The number of anilines is 1. The number of carbonyl (C=O) groups is 3. The Bertz CT molecular complexity index is 919. The molecule has 0 N–H and O–H groups in total. The second-order valence-electron chi connectivity index (χ2n) is 8.03. The summed E-state index contributed by atoms with van der Waals surface area (Å²) in [6.07, 6.45) is 3.83. The molecule has 1 atom stereocenters. The molecule has 2 aromatic rings. The van der Waals surface area contributed by atoms with E-state index in [1.165, 1.54) is 4.90 Å². The lowest BCUT2D eigenvalue weighted by molar-refractivity contribution is -0.136. The third-order valence-corrected chi connectivity index (χ3v) is 5.54. The molecule has 1 aromatic carbocycles. The van der Waals surface area contributed by atoms with Gasteiger partial charge in [-0.3, -0.25) is 19.3 Å². The van der Waals surface area contributed by atoms with Crippen molar-refractivity contribution < 1.29 is 14.4 Å². The fourth-order valence-electron chi connectivity index (χ4n) is 4.05. The minimum Gasteiger partial charge on any atom is -0.337 e. The number of rotatable bonds is 5. The van der Waals surface area contributed by atoms with Gasteiger partial charge in [0.1, 0.15) is 6.04 Å². The fourth-order valence-corrected chi connectivity index (χ4v) is 4.05. The molecule has 0 unspecified atom stereocenters. The van der Waals surface area contributed by atoms with E-state index in [1.54, 1.807) is 47.6 Å². The Morgan fingerprint density at radius 3 is 2.03 bits per heavy atom. The number of hydrogen-bond acceptors (Lipinski definition) is 6. The van der Waals surface area contributed by atoms with Crippen LogP contribution in [0.2, 0.25) is 0 Å². The maximum Gasteiger partial charge on any atom is 0.262 e. The normalized spacial score (nSPS) is 17.5. The quantitative estimate of drug-likeness (QED) is 0.703. The van der Waals surface area contributed by atoms with Crippen LogP contribution < -0.4 is 4.90 Å². The maximum atomic E-state index is 13.4. The molecule has 0 radical (unpaired) electrons. The van der Waals surface area contributed by atoms with Crippen LogP contribution in [0.15, 0.2) is 42.7 Å². The molecule has 3 heterocycles. The summed E-state index contributed by atoms with van der Waals surface area (Å²) >= 11 is 0. The van der Waals surface area contributed by atoms with Gasteiger partial charge in [-0.15, -0.1) is 0 Å². The number of piperazine rings is 1. The van der Waals surface area contributed by atoms with E-state index in [0.29, 0.717) is 49.7 Å². The van der Waals surface area contributed by atoms with Gasteiger partial charge in [-0.2, -0.15) is 0 Å². The van der Waals surface area contributed by atoms with Crippen molar-refractivity contribution in [3.05, 3.63) is 53.9 Å². The lowest BCUT2D eigenvalue weighted by atomic mass is 10.0. The largest absolute Gasteiger partial charge is 0.337 e. The van der Waals surface area contributed by atoms with Gasteiger partial charge in [0, 0.05) is 38.6 Å². The first-order valence-corrected chi connectivity index (χ1v) is 10.2. The minimum atomic E-state index is -0.795. The summed E-state index contributed by atoms with van der Waals surface area (Å²) in [6, 6.07) is 7.73. The van der Waals surface area contributed by atoms with E-state index < -0.39 is 6.04 Å². The minimum absolute atomic E-state index is 0.155. The van der Waals surface area contributed by atoms with Crippen LogP contribution in [0.5, 0.6) is 0 Å². The Kier molecular flexibility index (Phi) is 5.48. The van der Waals surface area contributed by atoms with Crippen LogP contribution in [-0.4, -0.2) is 69.7 Å². The smallest absolute Gasteiger partial charge is 0.262 e. The first-order chi connectivity index (χ1) is 14.5. The number of carbonyl (C=O) groups excluding carboxylic acids is 3. The number of imide groups is 1. The molecule has 3 amide bonds. The number of nitrogens with zero attached hydrogens (tertiary/aromatic N) is 5. The fraction of sp³-hybridized carbons (Fsp3) is 0.409. The first-order valence-electron chi connectivity index (χ1n) is 10.2. The molecular formula is C22H25N5O3. The lowest BCUT2D eigenvalue weighted by Crippen LogP contribution is -2.56. The van der Waals surface area contributed by atoms with Gasteiger partial charge in [-0.05, 0) is 30.5 Å². The second kappa shape index (κ2) is 8.22. The Labute approximate surface area is 175 Å². The van der Waals surface area contributed by atoms with Gasteiger partial charge >= 0.3 is 0 Å². The Morgan fingerprint density at radius 2 is 1.50 bits per heavy atom. The third kappa shape index (κ3) is 3.65. The summed E-state index contributed by atoms with van der Waals surface area (Å²) in [6.45, 7) is 6.18. The summed E-state index contributed by atoms with van der Waals surface area (Å²) in [7, 11) is 0. The molecular weight excluding hydrogens is 382 g/mol. The molecule has 2 aliphatic heterocycles.